The van der Waals surface area contributed by atoms with Crippen molar-refractivity contribution in [3.05, 3.63) is 15.6 Å². The minimum absolute atomic E-state index is 0. The number of likely N-dealkylation sites (tertiary alicyclic amines) is 1. The molecule has 0 saturated carbocycles. The zero-order valence-electron chi connectivity index (χ0n) is 13.9. The highest BCUT2D eigenvalue weighted by atomic mass is 127. The fourth-order valence-corrected chi connectivity index (χ4v) is 3.45. The lowest BCUT2D eigenvalue weighted by Crippen LogP contribution is -2.46. The molecule has 2 heterocycles. The van der Waals surface area contributed by atoms with Crippen LogP contribution in [0, 0.1) is 13.8 Å². The minimum Gasteiger partial charge on any atom is -0.378 e. The molecule has 0 bridgehead atoms. The summed E-state index contributed by atoms with van der Waals surface area (Å²) in [6.45, 7) is 9.79. The van der Waals surface area contributed by atoms with Crippen LogP contribution in [0.15, 0.2) is 4.99 Å². The minimum atomic E-state index is 0. The van der Waals surface area contributed by atoms with Gasteiger partial charge in [0.15, 0.2) is 5.96 Å². The molecular weight excluding hydrogens is 411 g/mol. The first-order valence-electron chi connectivity index (χ1n) is 7.64. The molecule has 0 atom stereocenters. The van der Waals surface area contributed by atoms with Crippen LogP contribution in [0.2, 0.25) is 0 Å². The zero-order chi connectivity index (χ0) is 15.2. The Bertz CT molecular complexity index is 464. The Morgan fingerprint density at radius 3 is 2.59 bits per heavy atom. The third-order valence-corrected chi connectivity index (χ3v) is 4.90. The van der Waals surface area contributed by atoms with E-state index in [1.165, 1.54) is 4.88 Å². The third-order valence-electron chi connectivity index (χ3n) is 3.83. The van der Waals surface area contributed by atoms with Gasteiger partial charge in [-0.15, -0.1) is 35.3 Å². The number of nitrogens with one attached hydrogen (secondary N) is 1. The van der Waals surface area contributed by atoms with Gasteiger partial charge in [-0.25, -0.2) is 4.98 Å². The maximum absolute atomic E-state index is 5.69. The highest BCUT2D eigenvalue weighted by Crippen LogP contribution is 2.17. The topological polar surface area (TPSA) is 49.8 Å². The largest absolute Gasteiger partial charge is 0.378 e. The van der Waals surface area contributed by atoms with E-state index in [4.69, 9.17) is 4.74 Å². The zero-order valence-corrected chi connectivity index (χ0v) is 17.0. The van der Waals surface area contributed by atoms with Crippen LogP contribution in [-0.4, -0.2) is 48.7 Å². The fraction of sp³-hybridized carbons (Fsp3) is 0.733. The van der Waals surface area contributed by atoms with Crippen molar-refractivity contribution in [3.63, 3.8) is 0 Å². The van der Waals surface area contributed by atoms with Crippen LogP contribution in [0.5, 0.6) is 0 Å². The molecule has 7 heteroatoms. The predicted octanol–water partition coefficient (Wildman–Crippen LogP) is 2.95. The van der Waals surface area contributed by atoms with Gasteiger partial charge in [0.2, 0.25) is 0 Å². The molecule has 0 unspecified atom stereocenters. The molecule has 2 rings (SSSR count). The van der Waals surface area contributed by atoms with Gasteiger partial charge in [-0.1, -0.05) is 0 Å². The summed E-state index contributed by atoms with van der Waals surface area (Å²) < 4.78 is 5.69. The number of aryl methyl sites for hydroxylation is 2. The van der Waals surface area contributed by atoms with Gasteiger partial charge in [0.05, 0.1) is 18.3 Å². The number of rotatable bonds is 4. The van der Waals surface area contributed by atoms with E-state index < -0.39 is 0 Å². The van der Waals surface area contributed by atoms with Gasteiger partial charge in [-0.3, -0.25) is 4.99 Å². The van der Waals surface area contributed by atoms with E-state index >= 15 is 0 Å². The molecule has 22 heavy (non-hydrogen) atoms. The molecule has 0 radical (unpaired) electrons. The van der Waals surface area contributed by atoms with Gasteiger partial charge in [0.1, 0.15) is 5.01 Å². The monoisotopic (exact) mass is 438 g/mol. The Hall–Kier alpha value is -0.410. The van der Waals surface area contributed by atoms with Crippen molar-refractivity contribution in [1.82, 2.24) is 15.2 Å². The Morgan fingerprint density at radius 1 is 1.41 bits per heavy atom. The summed E-state index contributed by atoms with van der Waals surface area (Å²) >= 11 is 1.75. The summed E-state index contributed by atoms with van der Waals surface area (Å²) in [6.07, 6.45) is 2.56. The average Bonchev–Trinajstić information content (AvgIpc) is 2.80. The van der Waals surface area contributed by atoms with E-state index in [2.05, 4.69) is 41.0 Å². The van der Waals surface area contributed by atoms with Gasteiger partial charge in [0.25, 0.3) is 0 Å². The fourth-order valence-electron chi connectivity index (χ4n) is 2.57. The molecule has 5 nitrogen and oxygen atoms in total. The first-order chi connectivity index (χ1) is 10.1. The van der Waals surface area contributed by atoms with Crippen LogP contribution in [-0.2, 0) is 11.3 Å². The first-order valence-corrected chi connectivity index (χ1v) is 8.45. The molecule has 0 amide bonds. The predicted molar refractivity (Wildman–Crippen MR) is 103 cm³/mol. The van der Waals surface area contributed by atoms with Crippen LogP contribution in [0.25, 0.3) is 0 Å². The van der Waals surface area contributed by atoms with Gasteiger partial charge >= 0.3 is 0 Å². The summed E-state index contributed by atoms with van der Waals surface area (Å²) in [7, 11) is 1.84. The SMILES string of the molecule is CCOC1CCN(C(=NC)NCc2nc(C)c(C)s2)CC1.I. The number of ether oxygens (including phenoxy) is 1. The Morgan fingerprint density at radius 2 is 2.09 bits per heavy atom. The number of guanidine groups is 1. The number of hydrogen-bond donors (Lipinski definition) is 1. The normalized spacial score (nSPS) is 16.5. The molecule has 0 spiro atoms. The van der Waals surface area contributed by atoms with Crippen LogP contribution in [0.3, 0.4) is 0 Å². The van der Waals surface area contributed by atoms with Crippen molar-refractivity contribution in [1.29, 1.82) is 0 Å². The second-order valence-corrected chi connectivity index (χ2v) is 6.58. The highest BCUT2D eigenvalue weighted by Gasteiger charge is 2.21. The summed E-state index contributed by atoms with van der Waals surface area (Å²) in [5.74, 6) is 0.968. The molecule has 1 saturated heterocycles. The van der Waals surface area contributed by atoms with Crippen molar-refractivity contribution in [3.8, 4) is 0 Å². The summed E-state index contributed by atoms with van der Waals surface area (Å²) in [5.41, 5.74) is 1.13. The van der Waals surface area contributed by atoms with Gasteiger partial charge in [-0.2, -0.15) is 0 Å². The number of piperidine rings is 1. The van der Waals surface area contributed by atoms with Gasteiger partial charge in [0, 0.05) is 31.6 Å². The van der Waals surface area contributed by atoms with E-state index in [-0.39, 0.29) is 24.0 Å². The van der Waals surface area contributed by atoms with E-state index in [1.807, 2.05) is 7.05 Å². The second-order valence-electron chi connectivity index (χ2n) is 5.29. The van der Waals surface area contributed by atoms with Crippen LogP contribution < -0.4 is 5.32 Å². The number of aromatic nitrogens is 1. The molecule has 1 N–H and O–H groups in total. The number of thiazole rings is 1. The first kappa shape index (κ1) is 19.6. The lowest BCUT2D eigenvalue weighted by Gasteiger charge is -2.33. The standard InChI is InChI=1S/C15H26N4OS.HI/c1-5-20-13-6-8-19(9-7-13)15(16-4)17-10-14-18-11(2)12(3)21-14;/h13H,5-10H2,1-4H3,(H,16,17);1H. The van der Waals surface area contributed by atoms with Gasteiger partial charge in [-0.05, 0) is 33.6 Å². The lowest BCUT2D eigenvalue weighted by molar-refractivity contribution is 0.0263. The molecule has 0 aliphatic carbocycles. The average molecular weight is 438 g/mol. The molecule has 1 aliphatic heterocycles. The van der Waals surface area contributed by atoms with E-state index in [9.17, 15) is 0 Å². The maximum atomic E-state index is 5.69. The quantitative estimate of drug-likeness (QED) is 0.446. The van der Waals surface area contributed by atoms with Crippen molar-refractivity contribution >= 4 is 41.3 Å². The number of halogens is 1. The smallest absolute Gasteiger partial charge is 0.193 e. The number of hydrogen-bond acceptors (Lipinski definition) is 4. The van der Waals surface area contributed by atoms with Gasteiger partial charge < -0.3 is 15.0 Å². The Balaban J connectivity index is 0.00000242. The van der Waals surface area contributed by atoms with Crippen molar-refractivity contribution < 1.29 is 4.74 Å². The van der Waals surface area contributed by atoms with E-state index in [0.717, 1.165) is 55.7 Å². The Kier molecular flexibility index (Phi) is 8.63. The van der Waals surface area contributed by atoms with E-state index in [0.29, 0.717) is 6.10 Å². The third kappa shape index (κ3) is 5.34. The number of nitrogens with zero attached hydrogens (tertiary/aromatic N) is 3. The molecule has 1 aliphatic rings. The van der Waals surface area contributed by atoms with Crippen molar-refractivity contribution in [2.24, 2.45) is 4.99 Å². The molecule has 0 aromatic carbocycles. The molecular formula is C15H27IN4OS. The molecule has 126 valence electrons. The van der Waals surface area contributed by atoms with Crippen molar-refractivity contribution in [2.45, 2.75) is 46.3 Å². The Labute approximate surface area is 154 Å². The summed E-state index contributed by atoms with van der Waals surface area (Å²) in [6, 6.07) is 0. The van der Waals surface area contributed by atoms with Crippen LogP contribution >= 0.6 is 35.3 Å². The lowest BCUT2D eigenvalue weighted by atomic mass is 10.1. The number of aliphatic imine (C=N–C) groups is 1. The van der Waals surface area contributed by atoms with Crippen LogP contribution in [0.1, 0.15) is 35.3 Å². The highest BCUT2D eigenvalue weighted by molar-refractivity contribution is 14.0. The van der Waals surface area contributed by atoms with Crippen molar-refractivity contribution in [2.75, 3.05) is 26.7 Å². The van der Waals surface area contributed by atoms with Crippen LogP contribution in [0.4, 0.5) is 0 Å². The molecule has 1 aromatic rings. The van der Waals surface area contributed by atoms with E-state index in [1.54, 1.807) is 11.3 Å². The summed E-state index contributed by atoms with van der Waals surface area (Å²) in [5, 5.41) is 4.55. The molecule has 1 fully saturated rings. The summed E-state index contributed by atoms with van der Waals surface area (Å²) in [4.78, 5) is 12.6. The second kappa shape index (κ2) is 9.67. The molecule has 1 aromatic heterocycles. The maximum Gasteiger partial charge on any atom is 0.193 e.